The fourth-order valence-corrected chi connectivity index (χ4v) is 3.16. The number of nitrogens with two attached hydrogens (primary N) is 1. The molecule has 3 rings (SSSR count). The molecule has 18 heavy (non-hydrogen) atoms. The minimum absolute atomic E-state index is 0.0974. The van der Waals surface area contributed by atoms with Crippen LogP contribution in [-0.4, -0.2) is 18.5 Å². The Balaban J connectivity index is 1.98. The predicted molar refractivity (Wildman–Crippen MR) is 72.6 cm³/mol. The van der Waals surface area contributed by atoms with Gasteiger partial charge >= 0.3 is 0 Å². The molecule has 1 aromatic rings. The maximum absolute atomic E-state index is 12.2. The topological polar surface area (TPSA) is 46.3 Å². The van der Waals surface area contributed by atoms with E-state index in [0.717, 1.165) is 37.9 Å². The third kappa shape index (κ3) is 1.93. The third-order valence-corrected chi connectivity index (χ3v) is 4.14. The lowest BCUT2D eigenvalue weighted by Gasteiger charge is -2.33. The third-order valence-electron chi connectivity index (χ3n) is 4.14. The zero-order valence-corrected chi connectivity index (χ0v) is 10.7. The molecule has 0 radical (unpaired) electrons. The summed E-state index contributed by atoms with van der Waals surface area (Å²) >= 11 is 0. The zero-order chi connectivity index (χ0) is 12.5. The van der Waals surface area contributed by atoms with Crippen LogP contribution in [0, 0.1) is 0 Å². The van der Waals surface area contributed by atoms with E-state index in [2.05, 4.69) is 18.2 Å². The Morgan fingerprint density at radius 1 is 1.17 bits per heavy atom. The number of amides is 1. The molecule has 2 aliphatic rings. The summed E-state index contributed by atoms with van der Waals surface area (Å²) in [7, 11) is 0. The average molecular weight is 244 g/mol. The molecular weight excluding hydrogens is 224 g/mol. The number of benzene rings is 1. The van der Waals surface area contributed by atoms with Gasteiger partial charge in [0.2, 0.25) is 5.91 Å². The van der Waals surface area contributed by atoms with E-state index >= 15 is 0 Å². The zero-order valence-electron chi connectivity index (χ0n) is 10.7. The lowest BCUT2D eigenvalue weighted by Crippen LogP contribution is -2.48. The standard InChI is InChI=1S/C15H20N2O/c16-13-8-4-10-17(15(13)18)14-9-3-6-11-5-1-2-7-12(11)14/h3,6,9,13H,1-2,4-5,7-8,10,16H2. The van der Waals surface area contributed by atoms with E-state index in [-0.39, 0.29) is 11.9 Å². The Morgan fingerprint density at radius 3 is 2.89 bits per heavy atom. The number of carbonyl (C=O) groups is 1. The molecule has 2 N–H and O–H groups in total. The first-order valence-electron chi connectivity index (χ1n) is 6.95. The van der Waals surface area contributed by atoms with Gasteiger partial charge in [0, 0.05) is 12.2 Å². The second-order valence-electron chi connectivity index (χ2n) is 5.36. The summed E-state index contributed by atoms with van der Waals surface area (Å²) in [6, 6.07) is 6.05. The molecule has 0 saturated carbocycles. The highest BCUT2D eigenvalue weighted by Crippen LogP contribution is 2.32. The van der Waals surface area contributed by atoms with Crippen molar-refractivity contribution in [1.82, 2.24) is 0 Å². The summed E-state index contributed by atoms with van der Waals surface area (Å²) in [5.74, 6) is 0.0974. The molecule has 1 amide bonds. The number of fused-ring (bicyclic) bond motifs is 1. The molecule has 3 nitrogen and oxygen atoms in total. The van der Waals surface area contributed by atoms with E-state index in [0.29, 0.717) is 0 Å². The van der Waals surface area contributed by atoms with Crippen molar-refractivity contribution < 1.29 is 4.79 Å². The number of hydrogen-bond acceptors (Lipinski definition) is 2. The number of carbonyl (C=O) groups excluding carboxylic acids is 1. The van der Waals surface area contributed by atoms with Crippen LogP contribution in [0.4, 0.5) is 5.69 Å². The smallest absolute Gasteiger partial charge is 0.243 e. The summed E-state index contributed by atoms with van der Waals surface area (Å²) in [4.78, 5) is 14.1. The summed E-state index contributed by atoms with van der Waals surface area (Å²) in [5.41, 5.74) is 9.81. The summed E-state index contributed by atoms with van der Waals surface area (Å²) < 4.78 is 0. The van der Waals surface area contributed by atoms with E-state index < -0.39 is 0 Å². The van der Waals surface area contributed by atoms with Crippen LogP contribution in [0.3, 0.4) is 0 Å². The largest absolute Gasteiger partial charge is 0.320 e. The summed E-state index contributed by atoms with van der Waals surface area (Å²) in [6.45, 7) is 0.822. The van der Waals surface area contributed by atoms with Gasteiger partial charge in [-0.3, -0.25) is 4.79 Å². The molecule has 1 aromatic carbocycles. The van der Waals surface area contributed by atoms with Crippen LogP contribution in [0.2, 0.25) is 0 Å². The minimum atomic E-state index is -0.307. The monoisotopic (exact) mass is 244 g/mol. The molecule has 1 fully saturated rings. The number of aryl methyl sites for hydroxylation is 1. The van der Waals surface area contributed by atoms with Gasteiger partial charge in [0.05, 0.1) is 6.04 Å². The van der Waals surface area contributed by atoms with Crippen LogP contribution in [0.15, 0.2) is 18.2 Å². The van der Waals surface area contributed by atoms with Crippen molar-refractivity contribution in [2.24, 2.45) is 5.73 Å². The molecular formula is C15H20N2O. The van der Waals surface area contributed by atoms with Crippen molar-refractivity contribution in [3.63, 3.8) is 0 Å². The van der Waals surface area contributed by atoms with Crippen molar-refractivity contribution in [3.8, 4) is 0 Å². The van der Waals surface area contributed by atoms with Crippen molar-refractivity contribution in [1.29, 1.82) is 0 Å². The van der Waals surface area contributed by atoms with Gasteiger partial charge in [-0.15, -0.1) is 0 Å². The molecule has 1 aliphatic heterocycles. The molecule has 96 valence electrons. The number of nitrogens with zero attached hydrogens (tertiary/aromatic N) is 1. The molecule has 1 atom stereocenters. The molecule has 1 aliphatic carbocycles. The SMILES string of the molecule is NC1CCCN(c2cccc3c2CCCC3)C1=O. The highest BCUT2D eigenvalue weighted by atomic mass is 16.2. The molecule has 1 unspecified atom stereocenters. The van der Waals surface area contributed by atoms with Crippen LogP contribution < -0.4 is 10.6 Å². The van der Waals surface area contributed by atoms with Crippen molar-refractivity contribution in [2.75, 3.05) is 11.4 Å². The van der Waals surface area contributed by atoms with Crippen LogP contribution in [0.25, 0.3) is 0 Å². The summed E-state index contributed by atoms with van der Waals surface area (Å²) in [6.07, 6.45) is 6.59. The number of hydrogen-bond donors (Lipinski definition) is 1. The highest BCUT2D eigenvalue weighted by Gasteiger charge is 2.28. The lowest BCUT2D eigenvalue weighted by atomic mass is 9.89. The van der Waals surface area contributed by atoms with E-state index in [1.807, 2.05) is 4.90 Å². The van der Waals surface area contributed by atoms with E-state index in [4.69, 9.17) is 5.73 Å². The lowest BCUT2D eigenvalue weighted by molar-refractivity contribution is -0.120. The summed E-state index contributed by atoms with van der Waals surface area (Å²) in [5, 5.41) is 0. The second-order valence-corrected chi connectivity index (χ2v) is 5.36. The fourth-order valence-electron chi connectivity index (χ4n) is 3.16. The molecule has 0 spiro atoms. The van der Waals surface area contributed by atoms with Gasteiger partial charge in [-0.2, -0.15) is 0 Å². The first-order chi connectivity index (χ1) is 8.77. The van der Waals surface area contributed by atoms with Crippen LogP contribution in [-0.2, 0) is 17.6 Å². The van der Waals surface area contributed by atoms with Crippen molar-refractivity contribution in [2.45, 2.75) is 44.6 Å². The Morgan fingerprint density at radius 2 is 2.00 bits per heavy atom. The number of rotatable bonds is 1. The maximum atomic E-state index is 12.2. The van der Waals surface area contributed by atoms with Gasteiger partial charge in [-0.1, -0.05) is 12.1 Å². The molecule has 0 aromatic heterocycles. The number of piperidine rings is 1. The Kier molecular flexibility index (Phi) is 3.08. The van der Waals surface area contributed by atoms with E-state index in [1.54, 1.807) is 0 Å². The minimum Gasteiger partial charge on any atom is -0.320 e. The van der Waals surface area contributed by atoms with Gasteiger partial charge in [0.25, 0.3) is 0 Å². The van der Waals surface area contributed by atoms with Gasteiger partial charge in [-0.25, -0.2) is 0 Å². The Hall–Kier alpha value is -1.35. The van der Waals surface area contributed by atoms with Gasteiger partial charge < -0.3 is 10.6 Å². The van der Waals surface area contributed by atoms with Crippen LogP contribution >= 0.6 is 0 Å². The van der Waals surface area contributed by atoms with Crippen LogP contribution in [0.1, 0.15) is 36.8 Å². The predicted octanol–water partition coefficient (Wildman–Crippen LogP) is 2.02. The first kappa shape index (κ1) is 11.7. The Labute approximate surface area is 108 Å². The van der Waals surface area contributed by atoms with Gasteiger partial charge in [0.15, 0.2) is 0 Å². The molecule has 3 heteroatoms. The van der Waals surface area contributed by atoms with Crippen molar-refractivity contribution >= 4 is 11.6 Å². The van der Waals surface area contributed by atoms with Crippen molar-refractivity contribution in [3.05, 3.63) is 29.3 Å². The first-order valence-corrected chi connectivity index (χ1v) is 6.95. The molecule has 1 saturated heterocycles. The highest BCUT2D eigenvalue weighted by molar-refractivity contribution is 5.98. The molecule has 1 heterocycles. The van der Waals surface area contributed by atoms with E-state index in [9.17, 15) is 4.79 Å². The normalized spacial score (nSPS) is 23.9. The fraction of sp³-hybridized carbons (Fsp3) is 0.533. The van der Waals surface area contributed by atoms with E-state index in [1.165, 1.54) is 24.0 Å². The quantitative estimate of drug-likeness (QED) is 0.821. The second kappa shape index (κ2) is 4.73. The van der Waals surface area contributed by atoms with Gasteiger partial charge in [0.1, 0.15) is 0 Å². The van der Waals surface area contributed by atoms with Crippen LogP contribution in [0.5, 0.6) is 0 Å². The Bertz CT molecular complexity index is 470. The number of anilines is 1. The maximum Gasteiger partial charge on any atom is 0.243 e. The molecule has 0 bridgehead atoms. The van der Waals surface area contributed by atoms with Gasteiger partial charge in [-0.05, 0) is 55.7 Å². The average Bonchev–Trinajstić information content (AvgIpc) is 2.41.